The molecule has 0 unspecified atom stereocenters. The lowest BCUT2D eigenvalue weighted by Gasteiger charge is -2.11. The van der Waals surface area contributed by atoms with Gasteiger partial charge in [-0.15, -0.1) is 0 Å². The molecule has 0 fully saturated rings. The average Bonchev–Trinajstić information content (AvgIpc) is 2.99. The Morgan fingerprint density at radius 1 is 0.659 bits per heavy atom. The van der Waals surface area contributed by atoms with Crippen LogP contribution in [-0.2, 0) is 6.54 Å². The maximum Gasteiger partial charge on any atom is 0.169 e. The maximum absolute atomic E-state index is 4.61. The molecule has 0 aliphatic heterocycles. The van der Waals surface area contributed by atoms with Gasteiger partial charge in [0.25, 0.3) is 0 Å². The van der Waals surface area contributed by atoms with E-state index < -0.39 is 0 Å². The van der Waals surface area contributed by atoms with Crippen molar-refractivity contribution in [2.75, 3.05) is 44.5 Å². The predicted molar refractivity (Wildman–Crippen MR) is 181 cm³/mol. The van der Waals surface area contributed by atoms with Crippen LogP contribution in [0.25, 0.3) is 18.2 Å². The fraction of sp³-hybridized carbons (Fsp3) is 0.297. The van der Waals surface area contributed by atoms with Crippen molar-refractivity contribution in [2.45, 2.75) is 39.2 Å². The third-order valence-electron chi connectivity index (χ3n) is 6.86. The van der Waals surface area contributed by atoms with Crippen molar-refractivity contribution < 1.29 is 4.57 Å². The van der Waals surface area contributed by atoms with Crippen molar-refractivity contribution in [3.05, 3.63) is 120 Å². The topological polar surface area (TPSA) is 22.7 Å². The first-order chi connectivity index (χ1) is 19.9. The van der Waals surface area contributed by atoms with Crippen LogP contribution in [0.1, 0.15) is 49.3 Å². The van der Waals surface area contributed by atoms with Crippen LogP contribution in [-0.4, -0.2) is 41.0 Å². The number of pyridine rings is 1. The molecule has 1 aromatic heterocycles. The Balaban J connectivity index is 1.33. The van der Waals surface area contributed by atoms with Crippen LogP contribution >= 0.6 is 0 Å². The number of hydrogen-bond acceptors (Lipinski definition) is 3. The summed E-state index contributed by atoms with van der Waals surface area (Å²) in [5.74, 6) is 0. The molecule has 0 N–H and O–H groups in total. The third kappa shape index (κ3) is 11.8. The van der Waals surface area contributed by atoms with Gasteiger partial charge in [0.2, 0.25) is 0 Å². The highest BCUT2D eigenvalue weighted by Gasteiger charge is 2.00. The van der Waals surface area contributed by atoms with E-state index in [-0.39, 0.29) is 0 Å². The number of rotatable bonds is 15. The molecule has 41 heavy (non-hydrogen) atoms. The van der Waals surface area contributed by atoms with E-state index in [9.17, 15) is 0 Å². The molecule has 0 aliphatic rings. The van der Waals surface area contributed by atoms with Crippen molar-refractivity contribution in [1.29, 1.82) is 0 Å². The maximum atomic E-state index is 4.61. The Morgan fingerprint density at radius 2 is 1.20 bits per heavy atom. The quantitative estimate of drug-likeness (QED) is 0.0830. The summed E-state index contributed by atoms with van der Waals surface area (Å²) in [6, 6.07) is 21.5. The first-order valence-electron chi connectivity index (χ1n) is 14.7. The zero-order valence-corrected chi connectivity index (χ0v) is 25.6. The lowest BCUT2D eigenvalue weighted by atomic mass is 10.1. The number of benzene rings is 2. The summed E-state index contributed by atoms with van der Waals surface area (Å²) in [6.07, 6.45) is 25.9. The minimum Gasteiger partial charge on any atom is -0.378 e. The summed E-state index contributed by atoms with van der Waals surface area (Å²) in [4.78, 5) is 8.83. The number of nitrogens with zero attached hydrogens (tertiary/aromatic N) is 4. The molecule has 3 rings (SSSR count). The first-order valence-corrected chi connectivity index (χ1v) is 14.7. The zero-order chi connectivity index (χ0) is 29.3. The largest absolute Gasteiger partial charge is 0.378 e. The molecule has 3 aromatic rings. The Morgan fingerprint density at radius 3 is 1.76 bits per heavy atom. The van der Waals surface area contributed by atoms with Crippen LogP contribution in [0.2, 0.25) is 0 Å². The van der Waals surface area contributed by atoms with Gasteiger partial charge in [0.15, 0.2) is 12.4 Å². The van der Waals surface area contributed by atoms with E-state index in [1.807, 2.05) is 13.1 Å². The van der Waals surface area contributed by atoms with E-state index in [0.29, 0.717) is 0 Å². The standard InChI is InChI=1S/C37H47N4/c1-6-11-32(12-13-33-16-20-36(21-17-33)39(2)3)24-28-38-27-9-7-8-10-29-41-30-25-35(26-31-41)15-14-34-18-22-37(23-19-34)40(4)5/h6,11-26,28,30-31H,7-10,27,29H2,1-5H3/q+1/b11-6-,13-12+,32-24+,38-28?. The average molecular weight is 548 g/mol. The summed E-state index contributed by atoms with van der Waals surface area (Å²) in [6.45, 7) is 3.97. The number of allylic oxidation sites excluding steroid dienone is 5. The van der Waals surface area contributed by atoms with Gasteiger partial charge in [0, 0.05) is 70.9 Å². The lowest BCUT2D eigenvalue weighted by molar-refractivity contribution is -0.697. The highest BCUT2D eigenvalue weighted by atomic mass is 15.1. The lowest BCUT2D eigenvalue weighted by Crippen LogP contribution is -2.32. The van der Waals surface area contributed by atoms with Crippen molar-refractivity contribution in [1.82, 2.24) is 0 Å². The van der Waals surface area contributed by atoms with Crippen LogP contribution in [0.15, 0.2) is 108 Å². The van der Waals surface area contributed by atoms with Crippen LogP contribution in [0, 0.1) is 0 Å². The van der Waals surface area contributed by atoms with Crippen LogP contribution < -0.4 is 14.4 Å². The Hall–Kier alpha value is -4.18. The summed E-state index contributed by atoms with van der Waals surface area (Å²) >= 11 is 0. The van der Waals surface area contributed by atoms with Crippen molar-refractivity contribution in [3.63, 3.8) is 0 Å². The highest BCUT2D eigenvalue weighted by Crippen LogP contribution is 2.15. The molecular weight excluding hydrogens is 500 g/mol. The molecule has 2 aromatic carbocycles. The van der Waals surface area contributed by atoms with Crippen LogP contribution in [0.3, 0.4) is 0 Å². The summed E-state index contributed by atoms with van der Waals surface area (Å²) < 4.78 is 2.28. The normalized spacial score (nSPS) is 12.4. The van der Waals surface area contributed by atoms with Crippen LogP contribution in [0.4, 0.5) is 11.4 Å². The molecule has 0 spiro atoms. The second-order valence-corrected chi connectivity index (χ2v) is 10.6. The van der Waals surface area contributed by atoms with E-state index in [2.05, 4.69) is 163 Å². The molecule has 0 saturated carbocycles. The van der Waals surface area contributed by atoms with Gasteiger partial charge < -0.3 is 9.80 Å². The van der Waals surface area contributed by atoms with Gasteiger partial charge in [0.1, 0.15) is 6.54 Å². The minimum atomic E-state index is 0.876. The SMILES string of the molecule is C\C=C/C(/C=C/c1ccc(N(C)C)cc1)=C\C=NCCCCCC[n+]1ccc(/C=C/c2ccc(N(C)C)cc2)cc1. The second kappa shape index (κ2) is 17.5. The number of aryl methyl sites for hydroxylation is 1. The zero-order valence-electron chi connectivity index (χ0n) is 25.6. The molecule has 0 bridgehead atoms. The second-order valence-electron chi connectivity index (χ2n) is 10.6. The Bertz CT molecular complexity index is 1310. The van der Waals surface area contributed by atoms with Crippen LogP contribution in [0.5, 0.6) is 0 Å². The van der Waals surface area contributed by atoms with Gasteiger partial charge in [-0.1, -0.05) is 67.1 Å². The Labute approximate surface area is 248 Å². The molecular formula is C37H47N4+. The molecule has 214 valence electrons. The minimum absolute atomic E-state index is 0.876. The first kappa shape index (κ1) is 31.3. The van der Waals surface area contributed by atoms with Gasteiger partial charge in [-0.25, -0.2) is 4.57 Å². The van der Waals surface area contributed by atoms with Gasteiger partial charge in [-0.3, -0.25) is 4.99 Å². The summed E-state index contributed by atoms with van der Waals surface area (Å²) in [7, 11) is 8.24. The number of anilines is 2. The van der Waals surface area contributed by atoms with E-state index in [4.69, 9.17) is 0 Å². The number of aromatic nitrogens is 1. The molecule has 0 amide bonds. The van der Waals surface area contributed by atoms with Gasteiger partial charge >= 0.3 is 0 Å². The van der Waals surface area contributed by atoms with E-state index in [0.717, 1.165) is 25.1 Å². The fourth-order valence-corrected chi connectivity index (χ4v) is 4.30. The highest BCUT2D eigenvalue weighted by molar-refractivity contribution is 5.75. The fourth-order valence-electron chi connectivity index (χ4n) is 4.30. The number of aliphatic imine (C=N–C) groups is 1. The molecule has 4 heteroatoms. The van der Waals surface area contributed by atoms with Gasteiger partial charge in [0.05, 0.1) is 0 Å². The number of hydrogen-bond donors (Lipinski definition) is 0. The smallest absolute Gasteiger partial charge is 0.169 e. The third-order valence-corrected chi connectivity index (χ3v) is 6.86. The molecule has 4 nitrogen and oxygen atoms in total. The number of unbranched alkanes of at least 4 members (excludes halogenated alkanes) is 3. The molecule has 0 saturated heterocycles. The van der Waals surface area contributed by atoms with Gasteiger partial charge in [-0.2, -0.15) is 0 Å². The van der Waals surface area contributed by atoms with Gasteiger partial charge in [-0.05, 0) is 72.4 Å². The molecule has 1 heterocycles. The van der Waals surface area contributed by atoms with E-state index >= 15 is 0 Å². The van der Waals surface area contributed by atoms with Crippen molar-refractivity contribution in [2.24, 2.45) is 4.99 Å². The molecule has 0 atom stereocenters. The predicted octanol–water partition coefficient (Wildman–Crippen LogP) is 8.12. The van der Waals surface area contributed by atoms with Crippen molar-refractivity contribution in [3.8, 4) is 0 Å². The monoisotopic (exact) mass is 547 g/mol. The van der Waals surface area contributed by atoms with E-state index in [1.165, 1.54) is 47.3 Å². The molecule has 0 aliphatic carbocycles. The van der Waals surface area contributed by atoms with Crippen molar-refractivity contribution >= 4 is 35.8 Å². The van der Waals surface area contributed by atoms with E-state index in [1.54, 1.807) is 0 Å². The Kier molecular flexibility index (Phi) is 13.4. The molecule has 0 radical (unpaired) electrons. The summed E-state index contributed by atoms with van der Waals surface area (Å²) in [5, 5.41) is 0. The summed E-state index contributed by atoms with van der Waals surface area (Å²) in [5.41, 5.74) is 7.19.